The van der Waals surface area contributed by atoms with E-state index in [1.165, 1.54) is 0 Å². The highest BCUT2D eigenvalue weighted by atomic mass is 16.3. The molecular formula is C14H18N4O2. The first-order chi connectivity index (χ1) is 9.78. The van der Waals surface area contributed by atoms with Crippen molar-refractivity contribution in [3.8, 4) is 0 Å². The van der Waals surface area contributed by atoms with Crippen LogP contribution in [-0.4, -0.2) is 34.1 Å². The number of carbonyl (C=O) groups excluding carboxylic acids is 1. The van der Waals surface area contributed by atoms with Gasteiger partial charge in [-0.15, -0.1) is 0 Å². The number of rotatable bonds is 6. The quantitative estimate of drug-likeness (QED) is 0.697. The van der Waals surface area contributed by atoms with E-state index in [4.69, 9.17) is 5.11 Å². The van der Waals surface area contributed by atoms with E-state index >= 15 is 0 Å². The topological polar surface area (TPSA) is 79.2 Å². The summed E-state index contributed by atoms with van der Waals surface area (Å²) in [6.45, 7) is 1.18. The third-order valence-electron chi connectivity index (χ3n) is 2.71. The normalized spacial score (nSPS) is 10.2. The number of aromatic nitrogens is 2. The lowest BCUT2D eigenvalue weighted by Gasteiger charge is -2.09. The SMILES string of the molecule is O=C(NCCCO)Nc1cccc(Cn2cccn2)c1. The van der Waals surface area contributed by atoms with Gasteiger partial charge in [0.2, 0.25) is 0 Å². The molecule has 6 nitrogen and oxygen atoms in total. The second-order valence-electron chi connectivity index (χ2n) is 4.36. The van der Waals surface area contributed by atoms with Crippen molar-refractivity contribution < 1.29 is 9.90 Å². The van der Waals surface area contributed by atoms with Gasteiger partial charge in [0.15, 0.2) is 0 Å². The lowest BCUT2D eigenvalue weighted by atomic mass is 10.2. The molecule has 3 N–H and O–H groups in total. The van der Waals surface area contributed by atoms with Gasteiger partial charge in [0, 0.05) is 31.2 Å². The summed E-state index contributed by atoms with van der Waals surface area (Å²) < 4.78 is 1.82. The molecule has 0 saturated carbocycles. The maximum absolute atomic E-state index is 11.6. The fourth-order valence-corrected chi connectivity index (χ4v) is 1.78. The molecule has 0 aliphatic heterocycles. The standard InChI is InChI=1S/C14H18N4O2/c19-9-3-6-15-14(20)17-13-5-1-4-12(10-13)11-18-8-2-7-16-18/h1-2,4-5,7-8,10,19H,3,6,9,11H2,(H2,15,17,20). The minimum atomic E-state index is -0.269. The maximum Gasteiger partial charge on any atom is 0.319 e. The van der Waals surface area contributed by atoms with Crippen LogP contribution >= 0.6 is 0 Å². The van der Waals surface area contributed by atoms with Gasteiger partial charge in [0.25, 0.3) is 0 Å². The summed E-state index contributed by atoms with van der Waals surface area (Å²) in [4.78, 5) is 11.6. The summed E-state index contributed by atoms with van der Waals surface area (Å²) in [5.74, 6) is 0. The number of aliphatic hydroxyl groups excluding tert-OH is 1. The van der Waals surface area contributed by atoms with Crippen LogP contribution in [0.15, 0.2) is 42.7 Å². The highest BCUT2D eigenvalue weighted by Crippen LogP contribution is 2.11. The number of urea groups is 1. The summed E-state index contributed by atoms with van der Waals surface area (Å²) in [5.41, 5.74) is 1.79. The van der Waals surface area contributed by atoms with E-state index in [-0.39, 0.29) is 12.6 Å². The molecule has 1 aromatic heterocycles. The fraction of sp³-hybridized carbons (Fsp3) is 0.286. The van der Waals surface area contributed by atoms with E-state index in [0.29, 0.717) is 19.5 Å². The third-order valence-corrected chi connectivity index (χ3v) is 2.71. The highest BCUT2D eigenvalue weighted by molar-refractivity contribution is 5.89. The Balaban J connectivity index is 1.90. The van der Waals surface area contributed by atoms with Gasteiger partial charge in [-0.2, -0.15) is 5.10 Å². The Hall–Kier alpha value is -2.34. The van der Waals surface area contributed by atoms with Crippen LogP contribution in [0.2, 0.25) is 0 Å². The molecule has 0 aliphatic carbocycles. The number of carbonyl (C=O) groups is 1. The molecule has 0 aliphatic rings. The Labute approximate surface area is 117 Å². The largest absolute Gasteiger partial charge is 0.396 e. The molecule has 0 saturated heterocycles. The second-order valence-corrected chi connectivity index (χ2v) is 4.36. The molecule has 0 radical (unpaired) electrons. The second kappa shape index (κ2) is 7.30. The molecule has 2 amide bonds. The number of nitrogens with one attached hydrogen (secondary N) is 2. The molecule has 2 aromatic rings. The lowest BCUT2D eigenvalue weighted by molar-refractivity contribution is 0.249. The first-order valence-electron chi connectivity index (χ1n) is 6.50. The van der Waals surface area contributed by atoms with Crippen molar-refractivity contribution in [3.63, 3.8) is 0 Å². The van der Waals surface area contributed by atoms with Gasteiger partial charge in [0.05, 0.1) is 6.54 Å². The van der Waals surface area contributed by atoms with Crippen molar-refractivity contribution in [3.05, 3.63) is 48.3 Å². The van der Waals surface area contributed by atoms with Crippen molar-refractivity contribution in [1.82, 2.24) is 15.1 Å². The van der Waals surface area contributed by atoms with Gasteiger partial charge in [-0.3, -0.25) is 4.68 Å². The molecule has 0 unspecified atom stereocenters. The Bertz CT molecular complexity index is 540. The molecule has 1 aromatic carbocycles. The lowest BCUT2D eigenvalue weighted by Crippen LogP contribution is -2.29. The molecule has 20 heavy (non-hydrogen) atoms. The predicted molar refractivity (Wildman–Crippen MR) is 76.5 cm³/mol. The number of hydrogen-bond acceptors (Lipinski definition) is 3. The maximum atomic E-state index is 11.6. The minimum Gasteiger partial charge on any atom is -0.396 e. The average molecular weight is 274 g/mol. The van der Waals surface area contributed by atoms with Gasteiger partial charge in [0.1, 0.15) is 0 Å². The zero-order valence-corrected chi connectivity index (χ0v) is 11.1. The summed E-state index contributed by atoms with van der Waals surface area (Å²) in [7, 11) is 0. The molecule has 2 rings (SSSR count). The average Bonchev–Trinajstić information content (AvgIpc) is 2.92. The minimum absolute atomic E-state index is 0.0691. The molecule has 106 valence electrons. The first kappa shape index (κ1) is 14.1. The van der Waals surface area contributed by atoms with Crippen LogP contribution in [0, 0.1) is 0 Å². The smallest absolute Gasteiger partial charge is 0.319 e. The van der Waals surface area contributed by atoms with E-state index in [1.54, 1.807) is 6.20 Å². The van der Waals surface area contributed by atoms with E-state index < -0.39 is 0 Å². The first-order valence-corrected chi connectivity index (χ1v) is 6.50. The number of amides is 2. The summed E-state index contributed by atoms with van der Waals surface area (Å²) in [5, 5.41) is 18.2. The van der Waals surface area contributed by atoms with E-state index in [2.05, 4.69) is 15.7 Å². The molecule has 0 bridgehead atoms. The van der Waals surface area contributed by atoms with Gasteiger partial charge in [-0.25, -0.2) is 4.79 Å². The number of nitrogens with zero attached hydrogens (tertiary/aromatic N) is 2. The number of aliphatic hydroxyl groups is 1. The van der Waals surface area contributed by atoms with Crippen molar-refractivity contribution in [1.29, 1.82) is 0 Å². The van der Waals surface area contributed by atoms with Gasteiger partial charge in [-0.1, -0.05) is 12.1 Å². The zero-order chi connectivity index (χ0) is 14.2. The Morgan fingerprint density at radius 1 is 1.35 bits per heavy atom. The summed E-state index contributed by atoms with van der Waals surface area (Å²) in [6.07, 6.45) is 4.17. The highest BCUT2D eigenvalue weighted by Gasteiger charge is 2.02. The molecule has 0 spiro atoms. The third kappa shape index (κ3) is 4.40. The fourth-order valence-electron chi connectivity index (χ4n) is 1.78. The van der Waals surface area contributed by atoms with Crippen molar-refractivity contribution in [2.24, 2.45) is 0 Å². The molecular weight excluding hydrogens is 256 g/mol. The van der Waals surface area contributed by atoms with Gasteiger partial charge >= 0.3 is 6.03 Å². The van der Waals surface area contributed by atoms with Crippen LogP contribution in [0.1, 0.15) is 12.0 Å². The Morgan fingerprint density at radius 3 is 3.00 bits per heavy atom. The van der Waals surface area contributed by atoms with E-state index in [0.717, 1.165) is 11.3 Å². The number of anilines is 1. The van der Waals surface area contributed by atoms with E-state index in [9.17, 15) is 4.79 Å². The van der Waals surface area contributed by atoms with Crippen LogP contribution in [0.3, 0.4) is 0 Å². The van der Waals surface area contributed by atoms with E-state index in [1.807, 2.05) is 41.2 Å². The number of benzene rings is 1. The van der Waals surface area contributed by atoms with Gasteiger partial charge in [-0.05, 0) is 30.2 Å². The van der Waals surface area contributed by atoms with Crippen LogP contribution < -0.4 is 10.6 Å². The zero-order valence-electron chi connectivity index (χ0n) is 11.1. The Morgan fingerprint density at radius 2 is 2.25 bits per heavy atom. The van der Waals surface area contributed by atoms with Crippen LogP contribution in [0.5, 0.6) is 0 Å². The van der Waals surface area contributed by atoms with Crippen molar-refractivity contribution in [2.45, 2.75) is 13.0 Å². The summed E-state index contributed by atoms with van der Waals surface area (Å²) >= 11 is 0. The van der Waals surface area contributed by atoms with Crippen LogP contribution in [0.25, 0.3) is 0 Å². The molecule has 6 heteroatoms. The van der Waals surface area contributed by atoms with Gasteiger partial charge < -0.3 is 15.7 Å². The van der Waals surface area contributed by atoms with Crippen LogP contribution in [0.4, 0.5) is 10.5 Å². The molecule has 0 fully saturated rings. The molecule has 1 heterocycles. The Kier molecular flexibility index (Phi) is 5.14. The predicted octanol–water partition coefficient (Wildman–Crippen LogP) is 1.44. The van der Waals surface area contributed by atoms with Crippen molar-refractivity contribution >= 4 is 11.7 Å². The molecule has 0 atom stereocenters. The van der Waals surface area contributed by atoms with Crippen LogP contribution in [-0.2, 0) is 6.54 Å². The monoisotopic (exact) mass is 274 g/mol. The summed E-state index contributed by atoms with van der Waals surface area (Å²) in [6, 6.07) is 9.22. The number of hydrogen-bond donors (Lipinski definition) is 3. The van der Waals surface area contributed by atoms with Crippen molar-refractivity contribution in [2.75, 3.05) is 18.5 Å².